The van der Waals surface area contributed by atoms with E-state index in [-0.39, 0.29) is 16.7 Å². The summed E-state index contributed by atoms with van der Waals surface area (Å²) in [6, 6.07) is 7.57. The van der Waals surface area contributed by atoms with Crippen molar-refractivity contribution >= 4 is 45.1 Å². The molecule has 2 aromatic rings. The highest BCUT2D eigenvalue weighted by Gasteiger charge is 2.52. The Morgan fingerprint density at radius 2 is 2.17 bits per heavy atom. The molecular formula is C16H17N3O2S2. The molecule has 2 saturated heterocycles. The Morgan fingerprint density at radius 1 is 1.39 bits per heavy atom. The zero-order valence-corrected chi connectivity index (χ0v) is 14.6. The van der Waals surface area contributed by atoms with Crippen LogP contribution in [0.15, 0.2) is 29.3 Å². The van der Waals surface area contributed by atoms with E-state index in [1.165, 1.54) is 11.3 Å². The van der Waals surface area contributed by atoms with Crippen molar-refractivity contribution in [1.82, 2.24) is 9.47 Å². The van der Waals surface area contributed by atoms with Gasteiger partial charge in [0.1, 0.15) is 6.04 Å². The van der Waals surface area contributed by atoms with Crippen molar-refractivity contribution in [3.05, 3.63) is 29.1 Å². The highest BCUT2D eigenvalue weighted by atomic mass is 32.2. The van der Waals surface area contributed by atoms with Gasteiger partial charge in [-0.05, 0) is 25.5 Å². The van der Waals surface area contributed by atoms with Gasteiger partial charge < -0.3 is 9.47 Å². The van der Waals surface area contributed by atoms with Gasteiger partial charge in [0, 0.05) is 19.2 Å². The minimum Gasteiger partial charge on any atom is -0.319 e. The van der Waals surface area contributed by atoms with Crippen molar-refractivity contribution in [3.63, 3.8) is 0 Å². The van der Waals surface area contributed by atoms with E-state index in [0.717, 1.165) is 16.6 Å². The van der Waals surface area contributed by atoms with Crippen LogP contribution in [-0.2, 0) is 16.6 Å². The number of aryl methyl sites for hydroxylation is 1. The summed E-state index contributed by atoms with van der Waals surface area (Å²) < 4.78 is 3.04. The van der Waals surface area contributed by atoms with Gasteiger partial charge in [-0.2, -0.15) is 4.99 Å². The maximum atomic E-state index is 12.7. The molecule has 0 aliphatic carbocycles. The number of aromatic nitrogens is 1. The summed E-state index contributed by atoms with van der Waals surface area (Å²) in [4.78, 5) is 31.4. The van der Waals surface area contributed by atoms with Crippen LogP contribution in [0, 0.1) is 0 Å². The number of para-hydroxylation sites is 1. The minimum atomic E-state index is -0.426. The molecule has 0 spiro atoms. The van der Waals surface area contributed by atoms with E-state index in [9.17, 15) is 9.59 Å². The van der Waals surface area contributed by atoms with E-state index in [1.807, 2.05) is 35.9 Å². The van der Waals surface area contributed by atoms with Crippen LogP contribution >= 0.6 is 23.1 Å². The number of benzene rings is 1. The van der Waals surface area contributed by atoms with Crippen molar-refractivity contribution in [2.75, 3.05) is 5.75 Å². The number of amides is 2. The second-order valence-electron chi connectivity index (χ2n) is 6.13. The molecule has 0 bridgehead atoms. The maximum Gasteiger partial charge on any atom is 0.272 e. The lowest BCUT2D eigenvalue weighted by Crippen LogP contribution is -2.46. The first-order valence-electron chi connectivity index (χ1n) is 7.59. The molecule has 0 N–H and O–H groups in total. The normalized spacial score (nSPS) is 27.9. The first-order chi connectivity index (χ1) is 11.0. The molecule has 120 valence electrons. The Kier molecular flexibility index (Phi) is 3.39. The lowest BCUT2D eigenvalue weighted by atomic mass is 10.2. The van der Waals surface area contributed by atoms with Gasteiger partial charge in [-0.3, -0.25) is 9.59 Å². The number of rotatable bonds is 1. The van der Waals surface area contributed by atoms with Crippen LogP contribution in [0.25, 0.3) is 10.2 Å². The van der Waals surface area contributed by atoms with Crippen LogP contribution < -0.4 is 4.80 Å². The number of carbonyl (C=O) groups excluding carboxylic acids is 2. The van der Waals surface area contributed by atoms with Crippen LogP contribution in [0.3, 0.4) is 0 Å². The van der Waals surface area contributed by atoms with Gasteiger partial charge in [-0.1, -0.05) is 23.5 Å². The van der Waals surface area contributed by atoms with E-state index in [1.54, 1.807) is 16.7 Å². The van der Waals surface area contributed by atoms with Gasteiger partial charge in [-0.25, -0.2) is 0 Å². The van der Waals surface area contributed by atoms with Crippen LogP contribution in [0.4, 0.5) is 0 Å². The lowest BCUT2D eigenvalue weighted by Gasteiger charge is -2.28. The first-order valence-corrected chi connectivity index (χ1v) is 9.39. The quantitative estimate of drug-likeness (QED) is 0.794. The molecule has 1 aromatic carbocycles. The molecule has 4 rings (SSSR count). The van der Waals surface area contributed by atoms with Gasteiger partial charge in [-0.15, -0.1) is 11.8 Å². The Morgan fingerprint density at radius 3 is 2.96 bits per heavy atom. The van der Waals surface area contributed by atoms with Crippen LogP contribution in [0.2, 0.25) is 0 Å². The number of fused-ring (bicyclic) bond motifs is 2. The first kappa shape index (κ1) is 15.0. The summed E-state index contributed by atoms with van der Waals surface area (Å²) in [5, 5.41) is 0. The molecule has 23 heavy (non-hydrogen) atoms. The standard InChI is InChI=1S/C16H17N3O2S2/c1-16-8-7-13(20)19(16)11(9-22-16)14(21)17-15-18(2)10-5-3-4-6-12(10)23-15/h3-6,11H,7-9H2,1-2H3/t11-,16+/m1/s1. The van der Waals surface area contributed by atoms with Gasteiger partial charge >= 0.3 is 0 Å². The average Bonchev–Trinajstić information content (AvgIpc) is 3.13. The number of hydrogen-bond donors (Lipinski definition) is 0. The number of thiazole rings is 1. The molecule has 3 heterocycles. The molecule has 7 heteroatoms. The van der Waals surface area contributed by atoms with E-state index in [2.05, 4.69) is 11.9 Å². The van der Waals surface area contributed by atoms with Crippen LogP contribution in [-0.4, -0.2) is 37.9 Å². The van der Waals surface area contributed by atoms with Gasteiger partial charge in [0.15, 0.2) is 4.80 Å². The monoisotopic (exact) mass is 347 g/mol. The summed E-state index contributed by atoms with van der Waals surface area (Å²) in [7, 11) is 1.92. The fraction of sp³-hybridized carbons (Fsp3) is 0.438. The van der Waals surface area contributed by atoms with Crippen molar-refractivity contribution in [2.24, 2.45) is 12.0 Å². The summed E-state index contributed by atoms with van der Waals surface area (Å²) in [5.74, 6) is 0.504. The minimum absolute atomic E-state index is 0.0757. The molecule has 2 aliphatic rings. The molecule has 0 radical (unpaired) electrons. The topological polar surface area (TPSA) is 54.7 Å². The third kappa shape index (κ3) is 2.25. The maximum absolute atomic E-state index is 12.7. The van der Waals surface area contributed by atoms with E-state index < -0.39 is 6.04 Å². The Labute approximate surface area is 142 Å². The average molecular weight is 347 g/mol. The van der Waals surface area contributed by atoms with Crippen LogP contribution in [0.1, 0.15) is 19.8 Å². The van der Waals surface area contributed by atoms with E-state index in [0.29, 0.717) is 17.0 Å². The molecule has 2 fully saturated rings. The second kappa shape index (κ2) is 5.21. The molecule has 2 atom stereocenters. The number of nitrogens with zero attached hydrogens (tertiary/aromatic N) is 3. The van der Waals surface area contributed by atoms with Crippen molar-refractivity contribution in [2.45, 2.75) is 30.7 Å². The summed E-state index contributed by atoms with van der Waals surface area (Å²) >= 11 is 3.20. The largest absolute Gasteiger partial charge is 0.319 e. The Hall–Kier alpha value is -1.60. The van der Waals surface area contributed by atoms with Crippen molar-refractivity contribution in [3.8, 4) is 0 Å². The Bertz CT molecular complexity index is 885. The SMILES string of the molecule is Cn1c(=NC(=O)[C@H]2CS[C@@]3(C)CCC(=O)N23)sc2ccccc21. The summed E-state index contributed by atoms with van der Waals surface area (Å²) in [5.41, 5.74) is 1.06. The molecule has 0 saturated carbocycles. The number of hydrogen-bond acceptors (Lipinski definition) is 4. The predicted molar refractivity (Wildman–Crippen MR) is 92.1 cm³/mol. The van der Waals surface area contributed by atoms with E-state index >= 15 is 0 Å². The number of carbonyl (C=O) groups is 2. The van der Waals surface area contributed by atoms with Crippen molar-refractivity contribution < 1.29 is 9.59 Å². The van der Waals surface area contributed by atoms with Crippen molar-refractivity contribution in [1.29, 1.82) is 0 Å². The van der Waals surface area contributed by atoms with E-state index in [4.69, 9.17) is 0 Å². The number of thioether (sulfide) groups is 1. The zero-order valence-electron chi connectivity index (χ0n) is 13.0. The fourth-order valence-electron chi connectivity index (χ4n) is 3.36. The Balaban J connectivity index is 1.72. The molecular weight excluding hydrogens is 330 g/mol. The van der Waals surface area contributed by atoms with Crippen LogP contribution in [0.5, 0.6) is 0 Å². The highest BCUT2D eigenvalue weighted by molar-refractivity contribution is 8.01. The lowest BCUT2D eigenvalue weighted by molar-refractivity contribution is -0.136. The molecule has 1 aromatic heterocycles. The second-order valence-corrected chi connectivity index (χ2v) is 8.64. The van der Waals surface area contributed by atoms with Gasteiger partial charge in [0.25, 0.3) is 5.91 Å². The predicted octanol–water partition coefficient (Wildman–Crippen LogP) is 2.12. The highest BCUT2D eigenvalue weighted by Crippen LogP contribution is 2.47. The third-order valence-electron chi connectivity index (χ3n) is 4.65. The van der Waals surface area contributed by atoms with Gasteiger partial charge in [0.2, 0.25) is 5.91 Å². The fourth-order valence-corrected chi connectivity index (χ4v) is 5.81. The molecule has 2 aliphatic heterocycles. The molecule has 0 unspecified atom stereocenters. The third-order valence-corrected chi connectivity index (χ3v) is 7.27. The summed E-state index contributed by atoms with van der Waals surface area (Å²) in [6.45, 7) is 2.05. The molecule has 2 amide bonds. The van der Waals surface area contributed by atoms with Gasteiger partial charge in [0.05, 0.1) is 15.1 Å². The zero-order chi connectivity index (χ0) is 16.2. The smallest absolute Gasteiger partial charge is 0.272 e. The summed E-state index contributed by atoms with van der Waals surface area (Å²) in [6.07, 6.45) is 1.35. The molecule has 5 nitrogen and oxygen atoms in total.